The molecule has 20 heavy (non-hydrogen) atoms. The van der Waals surface area contributed by atoms with E-state index in [1.54, 1.807) is 28.3 Å². The van der Waals surface area contributed by atoms with Gasteiger partial charge in [-0.15, -0.1) is 11.3 Å². The molecule has 3 heterocycles. The van der Waals surface area contributed by atoms with Crippen molar-refractivity contribution in [2.24, 2.45) is 12.9 Å². The molecule has 0 atom stereocenters. The molecule has 3 rings (SSSR count). The summed E-state index contributed by atoms with van der Waals surface area (Å²) in [7, 11) is 1.87. The minimum atomic E-state index is 0.568. The Morgan fingerprint density at radius 3 is 2.80 bits per heavy atom. The van der Waals surface area contributed by atoms with Gasteiger partial charge in [-0.25, -0.2) is 15.8 Å². The molecule has 0 unspecified atom stereocenters. The molecule has 0 aliphatic heterocycles. The van der Waals surface area contributed by atoms with Gasteiger partial charge in [0.25, 0.3) is 0 Å². The van der Waals surface area contributed by atoms with Crippen LogP contribution < -0.4 is 11.3 Å². The second-order valence-electron chi connectivity index (χ2n) is 4.14. The quantitative estimate of drug-likeness (QED) is 0.560. The summed E-state index contributed by atoms with van der Waals surface area (Å²) in [4.78, 5) is 9.93. The predicted molar refractivity (Wildman–Crippen MR) is 83.1 cm³/mol. The molecule has 0 saturated heterocycles. The fraction of sp³-hybridized carbons (Fsp3) is 0.0833. The first kappa shape index (κ1) is 13.2. The van der Waals surface area contributed by atoms with E-state index in [9.17, 15) is 0 Å². The average Bonchev–Trinajstić information content (AvgIpc) is 3.07. The van der Waals surface area contributed by atoms with E-state index in [1.165, 1.54) is 0 Å². The number of thiophene rings is 1. The van der Waals surface area contributed by atoms with Crippen LogP contribution in [0.25, 0.3) is 22.0 Å². The predicted octanol–water partition coefficient (Wildman–Crippen LogP) is 2.65. The number of anilines is 1. The summed E-state index contributed by atoms with van der Waals surface area (Å²) in [5.74, 6) is 6.69. The van der Waals surface area contributed by atoms with Crippen LogP contribution in [-0.4, -0.2) is 19.7 Å². The van der Waals surface area contributed by atoms with Crippen LogP contribution in [0, 0.1) is 0 Å². The first-order valence-corrected chi connectivity index (χ1v) is 7.42. The molecule has 3 aromatic rings. The Bertz CT molecular complexity index is 691. The number of hydrazine groups is 1. The van der Waals surface area contributed by atoms with Crippen molar-refractivity contribution >= 4 is 33.1 Å². The molecule has 102 valence electrons. The molecule has 0 bridgehead atoms. The third-order valence-corrected chi connectivity index (χ3v) is 4.35. The van der Waals surface area contributed by atoms with E-state index in [0.29, 0.717) is 11.6 Å². The van der Waals surface area contributed by atoms with Crippen molar-refractivity contribution in [3.63, 3.8) is 0 Å². The molecule has 8 heteroatoms. The van der Waals surface area contributed by atoms with Gasteiger partial charge in [-0.2, -0.15) is 5.10 Å². The summed E-state index contributed by atoms with van der Waals surface area (Å²) in [6, 6.07) is 3.77. The van der Waals surface area contributed by atoms with E-state index in [1.807, 2.05) is 24.7 Å². The zero-order chi connectivity index (χ0) is 14.1. The SMILES string of the molecule is Cn1cc(-c2cc(NN)nc(-c3cc(Br)cs3)n2)cn1. The second-order valence-corrected chi connectivity index (χ2v) is 5.97. The normalized spacial score (nSPS) is 10.8. The van der Waals surface area contributed by atoms with Gasteiger partial charge in [-0.3, -0.25) is 4.68 Å². The minimum absolute atomic E-state index is 0.568. The Balaban J connectivity index is 2.12. The zero-order valence-corrected chi connectivity index (χ0v) is 12.9. The number of aromatic nitrogens is 4. The first-order chi connectivity index (χ1) is 9.65. The van der Waals surface area contributed by atoms with Crippen LogP contribution in [-0.2, 0) is 7.05 Å². The summed E-state index contributed by atoms with van der Waals surface area (Å²) in [6.45, 7) is 0. The Morgan fingerprint density at radius 1 is 1.35 bits per heavy atom. The molecule has 3 aromatic heterocycles. The first-order valence-electron chi connectivity index (χ1n) is 5.75. The molecular formula is C12H11BrN6S. The molecule has 0 aliphatic carbocycles. The average molecular weight is 351 g/mol. The number of nitrogens with zero attached hydrogens (tertiary/aromatic N) is 4. The highest BCUT2D eigenvalue weighted by atomic mass is 79.9. The van der Waals surface area contributed by atoms with E-state index in [4.69, 9.17) is 5.84 Å². The molecule has 0 spiro atoms. The lowest BCUT2D eigenvalue weighted by molar-refractivity contribution is 0.768. The van der Waals surface area contributed by atoms with Gasteiger partial charge in [0, 0.05) is 34.7 Å². The highest BCUT2D eigenvalue weighted by molar-refractivity contribution is 9.10. The van der Waals surface area contributed by atoms with Crippen molar-refractivity contribution < 1.29 is 0 Å². The molecule has 6 nitrogen and oxygen atoms in total. The van der Waals surface area contributed by atoms with Crippen LogP contribution in [0.4, 0.5) is 5.82 Å². The van der Waals surface area contributed by atoms with Gasteiger partial charge < -0.3 is 5.43 Å². The smallest absolute Gasteiger partial charge is 0.172 e. The Kier molecular flexibility index (Phi) is 3.51. The van der Waals surface area contributed by atoms with Gasteiger partial charge >= 0.3 is 0 Å². The maximum Gasteiger partial charge on any atom is 0.172 e. The maximum absolute atomic E-state index is 5.49. The number of aryl methyl sites for hydroxylation is 1. The Morgan fingerprint density at radius 2 is 2.20 bits per heavy atom. The van der Waals surface area contributed by atoms with Gasteiger partial charge in [0.1, 0.15) is 5.82 Å². The highest BCUT2D eigenvalue weighted by Crippen LogP contribution is 2.30. The van der Waals surface area contributed by atoms with E-state index in [2.05, 4.69) is 36.4 Å². The van der Waals surface area contributed by atoms with E-state index in [0.717, 1.165) is 20.6 Å². The van der Waals surface area contributed by atoms with E-state index >= 15 is 0 Å². The summed E-state index contributed by atoms with van der Waals surface area (Å²) in [6.07, 6.45) is 3.66. The van der Waals surface area contributed by atoms with Crippen LogP contribution in [0.3, 0.4) is 0 Å². The van der Waals surface area contributed by atoms with Crippen molar-refractivity contribution in [3.8, 4) is 22.0 Å². The standard InChI is InChI=1S/C12H11BrN6S/c1-19-5-7(4-15-19)9-3-11(18-14)17-12(16-9)10-2-8(13)6-20-10/h2-6H,14H2,1H3,(H,16,17,18). The molecule has 0 radical (unpaired) electrons. The molecule has 0 aliphatic rings. The van der Waals surface area contributed by atoms with Crippen molar-refractivity contribution in [1.82, 2.24) is 19.7 Å². The van der Waals surface area contributed by atoms with Crippen LogP contribution in [0.1, 0.15) is 0 Å². The number of rotatable bonds is 3. The summed E-state index contributed by atoms with van der Waals surface area (Å²) in [5, 5.41) is 6.15. The lowest BCUT2D eigenvalue weighted by atomic mass is 10.2. The third-order valence-electron chi connectivity index (χ3n) is 2.66. The molecule has 0 amide bonds. The van der Waals surface area contributed by atoms with Crippen LogP contribution in [0.2, 0.25) is 0 Å². The topological polar surface area (TPSA) is 81.7 Å². The van der Waals surface area contributed by atoms with Gasteiger partial charge in [0.05, 0.1) is 16.8 Å². The molecular weight excluding hydrogens is 340 g/mol. The third kappa shape index (κ3) is 2.58. The van der Waals surface area contributed by atoms with Gasteiger partial charge in [-0.1, -0.05) is 0 Å². The molecule has 0 saturated carbocycles. The largest absolute Gasteiger partial charge is 0.308 e. The van der Waals surface area contributed by atoms with Crippen molar-refractivity contribution in [2.45, 2.75) is 0 Å². The molecule has 0 fully saturated rings. The monoisotopic (exact) mass is 350 g/mol. The zero-order valence-electron chi connectivity index (χ0n) is 10.5. The summed E-state index contributed by atoms with van der Waals surface area (Å²) < 4.78 is 2.74. The fourth-order valence-corrected chi connectivity index (χ4v) is 3.12. The van der Waals surface area contributed by atoms with Gasteiger partial charge in [0.2, 0.25) is 0 Å². The Labute approximate surface area is 127 Å². The summed E-state index contributed by atoms with van der Waals surface area (Å²) >= 11 is 5.00. The second kappa shape index (κ2) is 5.31. The lowest BCUT2D eigenvalue weighted by Crippen LogP contribution is -2.09. The lowest BCUT2D eigenvalue weighted by Gasteiger charge is -2.05. The number of hydrogen-bond donors (Lipinski definition) is 2. The van der Waals surface area contributed by atoms with E-state index < -0.39 is 0 Å². The van der Waals surface area contributed by atoms with Gasteiger partial charge in [0.15, 0.2) is 5.82 Å². The number of nitrogens with two attached hydrogens (primary N) is 1. The fourth-order valence-electron chi connectivity index (χ4n) is 1.76. The summed E-state index contributed by atoms with van der Waals surface area (Å²) in [5.41, 5.74) is 4.27. The molecule has 0 aromatic carbocycles. The van der Waals surface area contributed by atoms with Gasteiger partial charge in [-0.05, 0) is 22.0 Å². The number of hydrogen-bond acceptors (Lipinski definition) is 6. The van der Waals surface area contributed by atoms with Crippen molar-refractivity contribution in [3.05, 3.63) is 34.4 Å². The van der Waals surface area contributed by atoms with E-state index in [-0.39, 0.29) is 0 Å². The maximum atomic E-state index is 5.49. The number of nitrogens with one attached hydrogen (secondary N) is 1. The molecule has 3 N–H and O–H groups in total. The van der Waals surface area contributed by atoms with Crippen molar-refractivity contribution in [2.75, 3.05) is 5.43 Å². The highest BCUT2D eigenvalue weighted by Gasteiger charge is 2.11. The van der Waals surface area contributed by atoms with Crippen molar-refractivity contribution in [1.29, 1.82) is 0 Å². The van der Waals surface area contributed by atoms with Crippen LogP contribution >= 0.6 is 27.3 Å². The number of halogens is 1. The Hall–Kier alpha value is -1.77. The number of nitrogen functional groups attached to an aromatic ring is 1. The van der Waals surface area contributed by atoms with Crippen LogP contribution in [0.15, 0.2) is 34.4 Å². The van der Waals surface area contributed by atoms with Crippen LogP contribution in [0.5, 0.6) is 0 Å². The minimum Gasteiger partial charge on any atom is -0.308 e.